The molecule has 2 saturated carbocycles. The predicted molar refractivity (Wildman–Crippen MR) is 91.0 cm³/mol. The van der Waals surface area contributed by atoms with Crippen molar-refractivity contribution < 1.29 is 19.1 Å². The van der Waals surface area contributed by atoms with Crippen molar-refractivity contribution in [1.82, 2.24) is 0 Å². The van der Waals surface area contributed by atoms with Crippen molar-refractivity contribution in [2.75, 3.05) is 0 Å². The van der Waals surface area contributed by atoms with E-state index in [4.69, 9.17) is 9.47 Å². The van der Waals surface area contributed by atoms with Gasteiger partial charge >= 0.3 is 11.9 Å². The molecule has 0 aromatic rings. The summed E-state index contributed by atoms with van der Waals surface area (Å²) in [5.41, 5.74) is -1.85. The number of carbonyl (C=O) groups is 2. The number of nitriles is 1. The summed E-state index contributed by atoms with van der Waals surface area (Å²) in [5, 5.41) is 9.48. The highest BCUT2D eigenvalue weighted by molar-refractivity contribution is 5.85. The Balaban J connectivity index is 1.81. The second-order valence-electron chi connectivity index (χ2n) is 9.81. The number of esters is 2. The fraction of sp³-hybridized carbons (Fsp3) is 0.850. The Bertz CT molecular complexity index is 643. The van der Waals surface area contributed by atoms with Gasteiger partial charge in [-0.2, -0.15) is 5.26 Å². The summed E-state index contributed by atoms with van der Waals surface area (Å²) in [6, 6.07) is 2.19. The Hall–Kier alpha value is -1.57. The second-order valence-corrected chi connectivity index (χ2v) is 9.81. The van der Waals surface area contributed by atoms with Gasteiger partial charge in [-0.15, -0.1) is 0 Å². The van der Waals surface area contributed by atoms with Crippen LogP contribution in [0.5, 0.6) is 0 Å². The molecule has 3 aliphatic rings. The highest BCUT2D eigenvalue weighted by Gasteiger charge is 2.72. The largest absolute Gasteiger partial charge is 0.458 e. The molecule has 0 amide bonds. The molecule has 138 valence electrons. The molecule has 6 atom stereocenters. The minimum absolute atomic E-state index is 0.0494. The van der Waals surface area contributed by atoms with Crippen LogP contribution in [-0.4, -0.2) is 24.1 Å². The van der Waals surface area contributed by atoms with Crippen LogP contribution in [0.3, 0.4) is 0 Å². The van der Waals surface area contributed by atoms with Gasteiger partial charge in [0.15, 0.2) is 5.41 Å². The lowest BCUT2D eigenvalue weighted by Gasteiger charge is -2.42. The van der Waals surface area contributed by atoms with Gasteiger partial charge in [0, 0.05) is 11.8 Å². The fourth-order valence-corrected chi connectivity index (χ4v) is 5.05. The lowest BCUT2D eigenvalue weighted by atomic mass is 9.64. The van der Waals surface area contributed by atoms with Gasteiger partial charge in [0.25, 0.3) is 0 Å². The first-order valence-corrected chi connectivity index (χ1v) is 9.29. The van der Waals surface area contributed by atoms with Gasteiger partial charge in [-0.3, -0.25) is 9.59 Å². The lowest BCUT2D eigenvalue weighted by Crippen LogP contribution is -2.47. The van der Waals surface area contributed by atoms with E-state index in [1.165, 1.54) is 0 Å². The molecule has 1 saturated heterocycles. The molecule has 0 aromatic carbocycles. The summed E-state index contributed by atoms with van der Waals surface area (Å²) in [5.74, 6) is -0.344. The zero-order chi connectivity index (χ0) is 18.8. The van der Waals surface area contributed by atoms with E-state index in [0.29, 0.717) is 12.3 Å². The van der Waals surface area contributed by atoms with Gasteiger partial charge in [0.1, 0.15) is 12.2 Å². The number of hydrogen-bond acceptors (Lipinski definition) is 5. The van der Waals surface area contributed by atoms with Gasteiger partial charge in [0.2, 0.25) is 0 Å². The minimum atomic E-state index is -0.997. The number of hydrogen-bond donors (Lipinski definition) is 0. The molecule has 0 spiro atoms. The lowest BCUT2D eigenvalue weighted by molar-refractivity contribution is -0.178. The number of fused-ring (bicyclic) bond motifs is 1. The normalized spacial score (nSPS) is 38.4. The van der Waals surface area contributed by atoms with E-state index in [9.17, 15) is 14.9 Å². The van der Waals surface area contributed by atoms with E-state index in [1.54, 1.807) is 0 Å². The molecule has 1 aliphatic heterocycles. The van der Waals surface area contributed by atoms with E-state index in [1.807, 2.05) is 6.92 Å². The third kappa shape index (κ3) is 2.40. The molecule has 2 aliphatic carbocycles. The maximum Gasteiger partial charge on any atom is 0.327 e. The smallest absolute Gasteiger partial charge is 0.327 e. The zero-order valence-electron chi connectivity index (χ0n) is 16.1. The Labute approximate surface area is 150 Å². The van der Waals surface area contributed by atoms with E-state index in [0.717, 1.165) is 12.8 Å². The molecule has 25 heavy (non-hydrogen) atoms. The van der Waals surface area contributed by atoms with Gasteiger partial charge in [-0.1, -0.05) is 34.6 Å². The quantitative estimate of drug-likeness (QED) is 0.728. The van der Waals surface area contributed by atoms with Crippen LogP contribution >= 0.6 is 0 Å². The van der Waals surface area contributed by atoms with E-state index in [-0.39, 0.29) is 23.2 Å². The summed E-state index contributed by atoms with van der Waals surface area (Å²) >= 11 is 0. The first-order chi connectivity index (χ1) is 11.5. The van der Waals surface area contributed by atoms with Crippen LogP contribution in [0.1, 0.15) is 60.8 Å². The van der Waals surface area contributed by atoms with Gasteiger partial charge in [-0.25, -0.2) is 0 Å². The highest BCUT2D eigenvalue weighted by Crippen LogP contribution is 2.62. The van der Waals surface area contributed by atoms with Crippen molar-refractivity contribution in [2.45, 2.75) is 73.0 Å². The van der Waals surface area contributed by atoms with Gasteiger partial charge < -0.3 is 9.47 Å². The van der Waals surface area contributed by atoms with Crippen molar-refractivity contribution in [3.63, 3.8) is 0 Å². The SMILES string of the molecule is CC(C)CC(C)(C(=O)OC1C2CC3C1OC(=O)C3(C#N)C2)C(C)(C)C. The Morgan fingerprint density at radius 2 is 2.04 bits per heavy atom. The molecular formula is C20H29NO4. The van der Waals surface area contributed by atoms with Crippen LogP contribution in [0.2, 0.25) is 0 Å². The third-order valence-electron chi connectivity index (χ3n) is 6.93. The Kier molecular flexibility index (Phi) is 3.98. The van der Waals surface area contributed by atoms with E-state index < -0.39 is 29.0 Å². The van der Waals surface area contributed by atoms with Crippen molar-refractivity contribution >= 4 is 11.9 Å². The summed E-state index contributed by atoms with van der Waals surface area (Å²) < 4.78 is 11.5. The molecule has 0 radical (unpaired) electrons. The predicted octanol–water partition coefficient (Wildman–Crippen LogP) is 3.47. The molecular weight excluding hydrogens is 318 g/mol. The summed E-state index contributed by atoms with van der Waals surface area (Å²) in [6.45, 7) is 12.4. The first-order valence-electron chi connectivity index (χ1n) is 9.29. The average molecular weight is 347 g/mol. The fourth-order valence-electron chi connectivity index (χ4n) is 5.05. The van der Waals surface area contributed by atoms with Crippen LogP contribution in [0.4, 0.5) is 0 Å². The number of nitrogens with zero attached hydrogens (tertiary/aromatic N) is 1. The highest BCUT2D eigenvalue weighted by atomic mass is 16.6. The molecule has 3 rings (SSSR count). The summed E-state index contributed by atoms with van der Waals surface area (Å²) in [4.78, 5) is 25.4. The molecule has 3 fully saturated rings. The van der Waals surface area contributed by atoms with E-state index >= 15 is 0 Å². The summed E-state index contributed by atoms with van der Waals surface area (Å²) in [7, 11) is 0. The van der Waals surface area contributed by atoms with Crippen LogP contribution in [0, 0.1) is 45.3 Å². The van der Waals surface area contributed by atoms with Crippen molar-refractivity contribution in [3.05, 3.63) is 0 Å². The standard InChI is InChI=1S/C20H29NO4/c1-11(2)8-19(6,18(3,4)5)16(22)24-14-12-7-13-15(14)25-17(23)20(13,9-12)10-21/h11-15H,7-9H2,1-6H3. The average Bonchev–Trinajstić information content (AvgIpc) is 3.07. The molecule has 0 aromatic heterocycles. The number of rotatable bonds is 4. The van der Waals surface area contributed by atoms with E-state index in [2.05, 4.69) is 40.7 Å². The first kappa shape index (κ1) is 18.2. The Morgan fingerprint density at radius 3 is 2.56 bits per heavy atom. The van der Waals surface area contributed by atoms with Gasteiger partial charge in [0.05, 0.1) is 11.5 Å². The molecule has 5 nitrogen and oxygen atoms in total. The minimum Gasteiger partial charge on any atom is -0.458 e. The third-order valence-corrected chi connectivity index (χ3v) is 6.93. The monoisotopic (exact) mass is 347 g/mol. The van der Waals surface area contributed by atoms with Crippen LogP contribution in [-0.2, 0) is 19.1 Å². The van der Waals surface area contributed by atoms with Crippen molar-refractivity contribution in [1.29, 1.82) is 5.26 Å². The van der Waals surface area contributed by atoms with Crippen LogP contribution in [0.15, 0.2) is 0 Å². The topological polar surface area (TPSA) is 76.4 Å². The number of carbonyl (C=O) groups excluding carboxylic acids is 2. The number of ether oxygens (including phenoxy) is 2. The summed E-state index contributed by atoms with van der Waals surface area (Å²) in [6.07, 6.45) is 1.08. The van der Waals surface area contributed by atoms with Crippen LogP contribution < -0.4 is 0 Å². The second kappa shape index (κ2) is 5.46. The maximum atomic E-state index is 13.2. The Morgan fingerprint density at radius 1 is 1.40 bits per heavy atom. The molecule has 6 unspecified atom stereocenters. The van der Waals surface area contributed by atoms with Crippen molar-refractivity contribution in [3.8, 4) is 6.07 Å². The molecule has 5 heteroatoms. The van der Waals surface area contributed by atoms with Gasteiger partial charge in [-0.05, 0) is 37.5 Å². The molecule has 2 bridgehead atoms. The van der Waals surface area contributed by atoms with Crippen molar-refractivity contribution in [2.24, 2.45) is 34.0 Å². The maximum absolute atomic E-state index is 13.2. The van der Waals surface area contributed by atoms with Crippen LogP contribution in [0.25, 0.3) is 0 Å². The zero-order valence-corrected chi connectivity index (χ0v) is 16.1. The molecule has 0 N–H and O–H groups in total. The molecule has 1 heterocycles.